The van der Waals surface area contributed by atoms with Crippen LogP contribution in [0.1, 0.15) is 22.4 Å². The summed E-state index contributed by atoms with van der Waals surface area (Å²) < 4.78 is 0. The van der Waals surface area contributed by atoms with Crippen molar-refractivity contribution in [1.82, 2.24) is 20.2 Å². The molecule has 2 aromatic heterocycles. The first-order valence-electron chi connectivity index (χ1n) is 16.3. The smallest absolute Gasteiger partial charge is 0.352 e. The predicted molar refractivity (Wildman–Crippen MR) is 206 cm³/mol. The average molecular weight is 765 g/mol. The van der Waals surface area contributed by atoms with E-state index in [1.807, 2.05) is 91.0 Å². The highest BCUT2D eigenvalue weighted by atomic mass is 32.2. The van der Waals surface area contributed by atoms with Gasteiger partial charge in [0.15, 0.2) is 10.8 Å². The summed E-state index contributed by atoms with van der Waals surface area (Å²) in [6, 6.07) is 32.4. The molecule has 2 aliphatic rings. The lowest BCUT2D eigenvalue weighted by Gasteiger charge is -2.49. The maximum atomic E-state index is 13.8. The van der Waals surface area contributed by atoms with Crippen molar-refractivity contribution in [3.8, 4) is 0 Å². The fraction of sp³-hybridized carbons (Fsp3) is 0.158. The fourth-order valence-corrected chi connectivity index (χ4v) is 9.52. The molecule has 0 radical (unpaired) electrons. The summed E-state index contributed by atoms with van der Waals surface area (Å²) in [6.45, 7) is 0. The molecule has 0 aliphatic carbocycles. The molecule has 268 valence electrons. The predicted octanol–water partition coefficient (Wildman–Crippen LogP) is 5.12. The Hall–Kier alpha value is -5.64. The molecule has 0 spiro atoms. The molecule has 53 heavy (non-hydrogen) atoms. The first-order chi connectivity index (χ1) is 25.8. The molecule has 4 N–H and O–H groups in total. The number of carboxylic acid groups (broad SMARTS) is 1. The number of carbonyl (C=O) groups excluding carboxylic acids is 2. The van der Waals surface area contributed by atoms with Crippen LogP contribution >= 0.6 is 34.9 Å². The number of thiazole rings is 1. The monoisotopic (exact) mass is 764 g/mol. The van der Waals surface area contributed by atoms with Gasteiger partial charge in [-0.3, -0.25) is 19.3 Å². The second-order valence-electron chi connectivity index (χ2n) is 11.9. The molecule has 1 fully saturated rings. The number of hydrogen-bond acceptors (Lipinski definition) is 11. The van der Waals surface area contributed by atoms with Crippen LogP contribution in [0.2, 0.25) is 0 Å². The fourth-order valence-electron chi connectivity index (χ4n) is 6.37. The first kappa shape index (κ1) is 35.7. The van der Waals surface area contributed by atoms with E-state index in [4.69, 9.17) is 9.82 Å². The van der Waals surface area contributed by atoms with Gasteiger partial charge in [-0.15, -0.1) is 34.9 Å². The molecule has 2 atom stereocenters. The number of nitrogens with one attached hydrogen (secondary N) is 3. The van der Waals surface area contributed by atoms with Gasteiger partial charge in [0.1, 0.15) is 35.5 Å². The van der Waals surface area contributed by atoms with Crippen molar-refractivity contribution in [2.45, 2.75) is 21.9 Å². The van der Waals surface area contributed by atoms with Gasteiger partial charge in [-0.25, -0.2) is 9.78 Å². The Morgan fingerprint density at radius 1 is 0.981 bits per heavy atom. The van der Waals surface area contributed by atoms with Gasteiger partial charge >= 0.3 is 5.97 Å². The third-order valence-electron chi connectivity index (χ3n) is 8.78. The number of fused-ring (bicyclic) bond motifs is 1. The minimum absolute atomic E-state index is 0.135. The standard InChI is InChI=1S/C38H32N6O6S3/c1-50-43-29(33(46)41-30-34(47)44-31(36(48)49)23(21-52-35(30)44)20-51-28-18-11-19-39-32(28)45)27-22-53-37(40-27)42-38(24-12-5-2-6-13-24,25-14-7-3-8-15-25)26-16-9-4-10-17-26/h2-19,22,30,35H,20-21H2,1H3,(H,39,45)(H,40,42)(H,41,46)(H,48,49)/b43-29-/t30-,35-/m1/s1. The Balaban J connectivity index is 1.13. The van der Waals surface area contributed by atoms with Crippen LogP contribution in [0.5, 0.6) is 0 Å². The maximum absolute atomic E-state index is 13.8. The summed E-state index contributed by atoms with van der Waals surface area (Å²) >= 11 is 3.82. The number of hydrogen-bond donors (Lipinski definition) is 4. The number of aliphatic carboxylic acids is 1. The highest BCUT2D eigenvalue weighted by Gasteiger charge is 2.54. The molecule has 1 saturated heterocycles. The molecule has 2 amide bonds. The number of anilines is 1. The van der Waals surface area contributed by atoms with Gasteiger partial charge in [-0.1, -0.05) is 96.2 Å². The molecule has 5 aromatic rings. The molecule has 2 aliphatic heterocycles. The number of β-lactam (4-membered cyclic amide) rings is 1. The number of aromatic amines is 1. The lowest BCUT2D eigenvalue weighted by atomic mass is 9.77. The van der Waals surface area contributed by atoms with E-state index < -0.39 is 34.7 Å². The Morgan fingerprint density at radius 2 is 1.60 bits per heavy atom. The first-order valence-corrected chi connectivity index (χ1v) is 19.3. The zero-order chi connectivity index (χ0) is 37.0. The second kappa shape index (κ2) is 15.5. The SMILES string of the molecule is CO/N=C(\C(=O)N[C@@H]1C(=O)N2C(C(=O)O)=C(CSc3ccc[nH]c3=O)CS[C@H]12)c1csc(NC(c2ccccc2)(c2ccccc2)c2ccccc2)n1. The third kappa shape index (κ3) is 6.98. The highest BCUT2D eigenvalue weighted by Crippen LogP contribution is 2.42. The van der Waals surface area contributed by atoms with E-state index in [2.05, 4.69) is 20.8 Å². The van der Waals surface area contributed by atoms with Crippen molar-refractivity contribution >= 4 is 63.5 Å². The molecule has 0 bridgehead atoms. The van der Waals surface area contributed by atoms with E-state index in [-0.39, 0.29) is 28.4 Å². The Kier molecular flexibility index (Phi) is 10.5. The van der Waals surface area contributed by atoms with Crippen molar-refractivity contribution in [3.63, 3.8) is 0 Å². The molecule has 15 heteroatoms. The third-order valence-corrected chi connectivity index (χ3v) is 12.0. The van der Waals surface area contributed by atoms with Crippen molar-refractivity contribution in [2.75, 3.05) is 23.9 Å². The van der Waals surface area contributed by atoms with Crippen LogP contribution in [-0.2, 0) is 24.8 Å². The molecular weight excluding hydrogens is 733 g/mol. The lowest BCUT2D eigenvalue weighted by Crippen LogP contribution is -2.71. The van der Waals surface area contributed by atoms with Crippen molar-refractivity contribution in [3.05, 3.63) is 159 Å². The molecular formula is C38H32N6O6S3. The van der Waals surface area contributed by atoms with Crippen LogP contribution in [0.25, 0.3) is 0 Å². The number of thioether (sulfide) groups is 2. The van der Waals surface area contributed by atoms with E-state index in [0.29, 0.717) is 21.4 Å². The van der Waals surface area contributed by atoms with Gasteiger partial charge in [0.25, 0.3) is 17.4 Å². The summed E-state index contributed by atoms with van der Waals surface area (Å²) in [4.78, 5) is 65.8. The summed E-state index contributed by atoms with van der Waals surface area (Å²) in [5.41, 5.74) is 2.23. The number of carbonyl (C=O) groups is 3. The van der Waals surface area contributed by atoms with Crippen LogP contribution in [0, 0.1) is 0 Å². The number of amides is 2. The van der Waals surface area contributed by atoms with Crippen LogP contribution in [0.4, 0.5) is 5.13 Å². The number of benzene rings is 3. The number of carboxylic acids is 1. The van der Waals surface area contributed by atoms with Gasteiger partial charge in [-0.2, -0.15) is 0 Å². The summed E-state index contributed by atoms with van der Waals surface area (Å²) in [7, 11) is 1.31. The maximum Gasteiger partial charge on any atom is 0.352 e. The van der Waals surface area contributed by atoms with E-state index in [9.17, 15) is 24.3 Å². The quantitative estimate of drug-likeness (QED) is 0.0416. The number of aromatic nitrogens is 2. The topological polar surface area (TPSA) is 166 Å². The Labute approximate surface area is 316 Å². The number of pyridine rings is 1. The van der Waals surface area contributed by atoms with Crippen LogP contribution < -0.4 is 16.2 Å². The number of oxime groups is 1. The van der Waals surface area contributed by atoms with Crippen molar-refractivity contribution < 1.29 is 24.3 Å². The van der Waals surface area contributed by atoms with Crippen molar-refractivity contribution in [1.29, 1.82) is 0 Å². The number of H-pyrrole nitrogens is 1. The average Bonchev–Trinajstić information content (AvgIpc) is 3.66. The highest BCUT2D eigenvalue weighted by molar-refractivity contribution is 8.01. The van der Waals surface area contributed by atoms with Crippen molar-refractivity contribution in [2.24, 2.45) is 5.16 Å². The molecule has 0 saturated carbocycles. The second-order valence-corrected chi connectivity index (χ2v) is 14.9. The van der Waals surface area contributed by atoms with Gasteiger partial charge in [0.05, 0.1) is 4.90 Å². The van der Waals surface area contributed by atoms with Gasteiger partial charge in [0, 0.05) is 23.1 Å². The summed E-state index contributed by atoms with van der Waals surface area (Å²) in [6.07, 6.45) is 1.52. The minimum Gasteiger partial charge on any atom is -0.477 e. The van der Waals surface area contributed by atoms with Crippen LogP contribution in [-0.4, -0.2) is 73.5 Å². The largest absolute Gasteiger partial charge is 0.477 e. The number of nitrogens with zero attached hydrogens (tertiary/aromatic N) is 3. The Bertz CT molecular complexity index is 2170. The van der Waals surface area contributed by atoms with E-state index in [0.717, 1.165) is 16.7 Å². The molecule has 4 heterocycles. The molecule has 3 aromatic carbocycles. The molecule has 0 unspecified atom stereocenters. The van der Waals surface area contributed by atoms with E-state index in [1.54, 1.807) is 17.5 Å². The minimum atomic E-state index is -1.26. The van der Waals surface area contributed by atoms with E-state index in [1.165, 1.54) is 53.1 Å². The van der Waals surface area contributed by atoms with Gasteiger partial charge in [0.2, 0.25) is 0 Å². The van der Waals surface area contributed by atoms with Crippen LogP contribution in [0.3, 0.4) is 0 Å². The molecule has 12 nitrogen and oxygen atoms in total. The van der Waals surface area contributed by atoms with Gasteiger partial charge in [-0.05, 0) is 34.4 Å². The van der Waals surface area contributed by atoms with Crippen LogP contribution in [0.15, 0.2) is 141 Å². The summed E-state index contributed by atoms with van der Waals surface area (Å²) in [5, 5.41) is 22.1. The molecule has 7 rings (SSSR count). The zero-order valence-electron chi connectivity index (χ0n) is 28.1. The summed E-state index contributed by atoms with van der Waals surface area (Å²) in [5.74, 6) is -2.02. The number of rotatable bonds is 13. The zero-order valence-corrected chi connectivity index (χ0v) is 30.5. The van der Waals surface area contributed by atoms with Gasteiger partial charge < -0.3 is 25.6 Å². The lowest BCUT2D eigenvalue weighted by molar-refractivity contribution is -0.150. The van der Waals surface area contributed by atoms with E-state index >= 15 is 0 Å². The normalized spacial score (nSPS) is 17.1. The Morgan fingerprint density at radius 3 is 2.17 bits per heavy atom.